The van der Waals surface area contributed by atoms with Gasteiger partial charge in [0.2, 0.25) is 12.5 Å². The van der Waals surface area contributed by atoms with Crippen molar-refractivity contribution in [3.63, 3.8) is 0 Å². The van der Waals surface area contributed by atoms with E-state index in [2.05, 4.69) is 12.2 Å². The number of carbonyl (C=O) groups is 1. The van der Waals surface area contributed by atoms with Gasteiger partial charge in [-0.25, -0.2) is 0 Å². The number of amides is 1. The van der Waals surface area contributed by atoms with Gasteiger partial charge in [-0.3, -0.25) is 14.9 Å². The lowest BCUT2D eigenvalue weighted by Crippen LogP contribution is -2.51. The quantitative estimate of drug-likeness (QED) is 0.571. The molecule has 5 heteroatoms. The number of carbonyl (C=O) groups excluding carboxylic acids is 1. The molecule has 0 N–H and O–H groups in total. The third-order valence-corrected chi connectivity index (χ3v) is 5.77. The lowest BCUT2D eigenvalue weighted by molar-refractivity contribution is -0.489. The van der Waals surface area contributed by atoms with Crippen molar-refractivity contribution in [1.29, 1.82) is 0 Å². The van der Waals surface area contributed by atoms with Crippen molar-refractivity contribution < 1.29 is 9.72 Å². The van der Waals surface area contributed by atoms with Crippen LogP contribution in [0, 0.1) is 22.0 Å². The van der Waals surface area contributed by atoms with Crippen LogP contribution in [0.5, 0.6) is 0 Å². The maximum atomic E-state index is 12.3. The Balaban J connectivity index is 1.78. The van der Waals surface area contributed by atoms with E-state index >= 15 is 0 Å². The van der Waals surface area contributed by atoms with Crippen LogP contribution < -0.4 is 0 Å². The molecule has 2 aliphatic carbocycles. The van der Waals surface area contributed by atoms with E-state index in [-0.39, 0.29) is 34.7 Å². The van der Waals surface area contributed by atoms with Crippen LogP contribution in [0.2, 0.25) is 0 Å². The number of hydrogen-bond acceptors (Lipinski definition) is 3. The molecule has 0 aromatic heterocycles. The lowest BCUT2D eigenvalue weighted by Gasteiger charge is -2.44. The van der Waals surface area contributed by atoms with E-state index in [0.717, 1.165) is 32.2 Å². The summed E-state index contributed by atoms with van der Waals surface area (Å²) < 4.78 is 0. The molecule has 1 amide bonds. The Hall–Kier alpha value is -1.65. The van der Waals surface area contributed by atoms with Crippen molar-refractivity contribution in [3.05, 3.63) is 33.4 Å². The zero-order valence-corrected chi connectivity index (χ0v) is 11.4. The van der Waals surface area contributed by atoms with Crippen molar-refractivity contribution in [1.82, 2.24) is 4.90 Å². The second-order valence-electron chi connectivity index (χ2n) is 6.47. The van der Waals surface area contributed by atoms with Crippen molar-refractivity contribution in [2.45, 2.75) is 37.6 Å². The molecule has 2 fully saturated rings. The molecular formula is C15H18N2O3. The Labute approximate surface area is 117 Å². The summed E-state index contributed by atoms with van der Waals surface area (Å²) >= 11 is 0. The van der Waals surface area contributed by atoms with Crippen molar-refractivity contribution >= 4 is 5.91 Å². The van der Waals surface area contributed by atoms with Crippen molar-refractivity contribution in [3.8, 4) is 0 Å². The monoisotopic (exact) mass is 274 g/mol. The Morgan fingerprint density at radius 2 is 2.35 bits per heavy atom. The van der Waals surface area contributed by atoms with Crippen molar-refractivity contribution in [2.24, 2.45) is 11.8 Å². The van der Waals surface area contributed by atoms with Gasteiger partial charge in [0.25, 0.3) is 0 Å². The highest BCUT2D eigenvalue weighted by Gasteiger charge is 2.62. The van der Waals surface area contributed by atoms with E-state index in [1.54, 1.807) is 0 Å². The van der Waals surface area contributed by atoms with Crippen LogP contribution in [0.1, 0.15) is 32.1 Å². The third-order valence-electron chi connectivity index (χ3n) is 5.77. The van der Waals surface area contributed by atoms with Crippen LogP contribution in [0.3, 0.4) is 0 Å². The molecule has 4 aliphatic rings. The molecule has 1 saturated carbocycles. The minimum absolute atomic E-state index is 0.0138. The highest BCUT2D eigenvalue weighted by molar-refractivity contribution is 5.83. The molecule has 106 valence electrons. The summed E-state index contributed by atoms with van der Waals surface area (Å²) in [6, 6.07) is 0. The molecule has 0 aromatic rings. The Morgan fingerprint density at radius 1 is 1.50 bits per heavy atom. The standard InChI is InChI=1S/C15H18N2O3/c18-14-8-13-11(9-17(19)20)4-6-15(13)12-3-1-2-10(12)5-7-16(14)15/h1,3,11,13H,2,4-9H2/t11-,13-,15-/m0/s1. The van der Waals surface area contributed by atoms with Gasteiger partial charge in [-0.05, 0) is 31.3 Å². The number of nitro groups is 1. The van der Waals surface area contributed by atoms with Gasteiger partial charge in [-0.15, -0.1) is 0 Å². The molecule has 4 rings (SSSR count). The van der Waals surface area contributed by atoms with Crippen LogP contribution >= 0.6 is 0 Å². The van der Waals surface area contributed by atoms with Crippen LogP contribution in [-0.2, 0) is 4.79 Å². The number of nitrogens with zero attached hydrogens (tertiary/aromatic N) is 2. The summed E-state index contributed by atoms with van der Waals surface area (Å²) in [7, 11) is 0. The molecule has 1 spiro atoms. The Morgan fingerprint density at radius 3 is 3.15 bits per heavy atom. The zero-order valence-electron chi connectivity index (χ0n) is 11.4. The first-order valence-electron chi connectivity index (χ1n) is 7.44. The predicted molar refractivity (Wildman–Crippen MR) is 72.5 cm³/mol. The van der Waals surface area contributed by atoms with Crippen LogP contribution in [0.4, 0.5) is 0 Å². The predicted octanol–water partition coefficient (Wildman–Crippen LogP) is 1.92. The van der Waals surface area contributed by atoms with E-state index in [4.69, 9.17) is 0 Å². The average Bonchev–Trinajstić information content (AvgIpc) is 3.04. The fraction of sp³-hybridized carbons (Fsp3) is 0.667. The summed E-state index contributed by atoms with van der Waals surface area (Å²) in [6.45, 7) is 0.820. The zero-order chi connectivity index (χ0) is 13.9. The average molecular weight is 274 g/mol. The lowest BCUT2D eigenvalue weighted by atomic mass is 9.75. The van der Waals surface area contributed by atoms with E-state index in [1.165, 1.54) is 11.1 Å². The van der Waals surface area contributed by atoms with Gasteiger partial charge in [0, 0.05) is 29.7 Å². The molecule has 0 aromatic carbocycles. The summed E-state index contributed by atoms with van der Waals surface area (Å²) in [5.74, 6) is 0.406. The van der Waals surface area contributed by atoms with Crippen LogP contribution in [-0.4, -0.2) is 34.4 Å². The normalized spacial score (nSPS) is 38.2. The van der Waals surface area contributed by atoms with E-state index in [0.29, 0.717) is 6.42 Å². The summed E-state index contributed by atoms with van der Waals surface area (Å²) in [5, 5.41) is 10.9. The molecule has 3 atom stereocenters. The van der Waals surface area contributed by atoms with Gasteiger partial charge >= 0.3 is 0 Å². The molecular weight excluding hydrogens is 256 g/mol. The fourth-order valence-corrected chi connectivity index (χ4v) is 5.07. The molecule has 0 unspecified atom stereocenters. The van der Waals surface area contributed by atoms with Gasteiger partial charge in [-0.1, -0.05) is 17.7 Å². The van der Waals surface area contributed by atoms with Gasteiger partial charge in [0.15, 0.2) is 0 Å². The minimum atomic E-state index is -0.209. The largest absolute Gasteiger partial charge is 0.332 e. The van der Waals surface area contributed by atoms with E-state index < -0.39 is 0 Å². The first-order chi connectivity index (χ1) is 9.63. The maximum Gasteiger partial charge on any atom is 0.223 e. The minimum Gasteiger partial charge on any atom is -0.332 e. The molecule has 20 heavy (non-hydrogen) atoms. The topological polar surface area (TPSA) is 63.4 Å². The number of hydrogen-bond donors (Lipinski definition) is 0. The smallest absolute Gasteiger partial charge is 0.223 e. The number of allylic oxidation sites excluding steroid dienone is 1. The molecule has 2 aliphatic heterocycles. The Kier molecular flexibility index (Phi) is 2.38. The highest BCUT2D eigenvalue weighted by Crippen LogP contribution is 2.58. The molecule has 5 nitrogen and oxygen atoms in total. The molecule has 0 radical (unpaired) electrons. The Bertz CT molecular complexity index is 565. The second-order valence-corrected chi connectivity index (χ2v) is 6.47. The van der Waals surface area contributed by atoms with Gasteiger partial charge in [0.1, 0.15) is 0 Å². The molecule has 0 bridgehead atoms. The summed E-state index contributed by atoms with van der Waals surface area (Å²) in [4.78, 5) is 25.1. The van der Waals surface area contributed by atoms with E-state index in [9.17, 15) is 14.9 Å². The molecule has 1 saturated heterocycles. The third kappa shape index (κ3) is 1.35. The molecule has 2 heterocycles. The van der Waals surface area contributed by atoms with Crippen molar-refractivity contribution in [2.75, 3.05) is 13.1 Å². The SMILES string of the molecule is O=C1C[C@H]2[C@H](C[N+](=O)[O-])CC[C@]23C2=C(CC=C2)CCN13. The fourth-order valence-electron chi connectivity index (χ4n) is 5.07. The first-order valence-corrected chi connectivity index (χ1v) is 7.44. The second kappa shape index (κ2) is 3.93. The summed E-state index contributed by atoms with van der Waals surface area (Å²) in [5.41, 5.74) is 2.59. The van der Waals surface area contributed by atoms with Crippen LogP contribution in [0.25, 0.3) is 0 Å². The van der Waals surface area contributed by atoms with E-state index in [1.807, 2.05) is 4.90 Å². The maximum absolute atomic E-state index is 12.3. The first kappa shape index (κ1) is 12.1. The van der Waals surface area contributed by atoms with Crippen LogP contribution in [0.15, 0.2) is 23.3 Å². The number of rotatable bonds is 2. The van der Waals surface area contributed by atoms with Gasteiger partial charge < -0.3 is 4.90 Å². The summed E-state index contributed by atoms with van der Waals surface area (Å²) in [6.07, 6.45) is 8.63. The van der Waals surface area contributed by atoms with Gasteiger partial charge in [0.05, 0.1) is 5.54 Å². The highest BCUT2D eigenvalue weighted by atomic mass is 16.6. The van der Waals surface area contributed by atoms with Gasteiger partial charge in [-0.2, -0.15) is 0 Å².